The van der Waals surface area contributed by atoms with Gasteiger partial charge in [0.05, 0.1) is 5.69 Å². The molecule has 0 unspecified atom stereocenters. The molecule has 28 heavy (non-hydrogen) atoms. The predicted molar refractivity (Wildman–Crippen MR) is 95.9 cm³/mol. The largest absolute Gasteiger partial charge is 0.489 e. The maximum atomic E-state index is 14.0. The third-order valence-corrected chi connectivity index (χ3v) is 3.75. The fourth-order valence-electron chi connectivity index (χ4n) is 2.41. The van der Waals surface area contributed by atoms with E-state index < -0.39 is 24.0 Å². The van der Waals surface area contributed by atoms with Crippen molar-refractivity contribution in [2.24, 2.45) is 0 Å². The van der Waals surface area contributed by atoms with E-state index in [1.807, 2.05) is 0 Å². The summed E-state index contributed by atoms with van der Waals surface area (Å²) < 4.78 is 38.5. The number of pyridine rings is 1. The van der Waals surface area contributed by atoms with Crippen molar-refractivity contribution in [2.75, 3.05) is 6.61 Å². The first kappa shape index (κ1) is 19.1. The highest BCUT2D eigenvalue weighted by Crippen LogP contribution is 2.20. The number of aromatic nitrogens is 1. The Morgan fingerprint density at radius 2 is 1.75 bits per heavy atom. The summed E-state index contributed by atoms with van der Waals surface area (Å²) in [6.45, 7) is -0.510. The summed E-state index contributed by atoms with van der Waals surface area (Å²) in [5, 5.41) is 8.57. The van der Waals surface area contributed by atoms with Crippen LogP contribution < -0.4 is 15.0 Å². The van der Waals surface area contributed by atoms with E-state index in [1.165, 1.54) is 47.2 Å². The van der Waals surface area contributed by atoms with Gasteiger partial charge in [-0.25, -0.2) is 13.6 Å². The Bertz CT molecular complexity index is 1050. The number of aliphatic carboxylic acids is 1. The summed E-state index contributed by atoms with van der Waals surface area (Å²) >= 11 is 0. The molecule has 1 heterocycles. The minimum Gasteiger partial charge on any atom is -0.489 e. The highest BCUT2D eigenvalue weighted by Gasteiger charge is 2.09. The van der Waals surface area contributed by atoms with Crippen molar-refractivity contribution in [1.29, 1.82) is 0 Å². The molecular formula is C20H15F2NO5. The Balaban J connectivity index is 1.73. The van der Waals surface area contributed by atoms with Crippen LogP contribution in [0, 0.1) is 11.6 Å². The normalized spacial score (nSPS) is 10.5. The van der Waals surface area contributed by atoms with Crippen LogP contribution in [0.3, 0.4) is 0 Å². The van der Waals surface area contributed by atoms with Gasteiger partial charge in [-0.2, -0.15) is 0 Å². The second-order valence-corrected chi connectivity index (χ2v) is 5.78. The Morgan fingerprint density at radius 1 is 1.00 bits per heavy atom. The van der Waals surface area contributed by atoms with Crippen LogP contribution in [0.2, 0.25) is 0 Å². The van der Waals surface area contributed by atoms with Gasteiger partial charge in [0.1, 0.15) is 18.2 Å². The first-order chi connectivity index (χ1) is 13.4. The molecule has 0 spiro atoms. The molecule has 0 bridgehead atoms. The molecule has 3 aromatic rings. The quantitative estimate of drug-likeness (QED) is 0.674. The summed E-state index contributed by atoms with van der Waals surface area (Å²) in [6, 6.07) is 12.3. The lowest BCUT2D eigenvalue weighted by Crippen LogP contribution is -2.17. The molecule has 1 N–H and O–H groups in total. The average molecular weight is 387 g/mol. The standard InChI is InChI=1S/C20H15F2NO5/c21-14-3-1-13(2-4-14)11-27-16-7-8-23(19(24)10-16)15-5-6-18(17(22)9-15)28-12-20(25)26/h1-10H,11-12H2,(H,25,26). The molecule has 3 rings (SSSR count). The van der Waals surface area contributed by atoms with E-state index >= 15 is 0 Å². The van der Waals surface area contributed by atoms with E-state index in [9.17, 15) is 18.4 Å². The fraction of sp³-hybridized carbons (Fsp3) is 0.100. The first-order valence-electron chi connectivity index (χ1n) is 8.17. The van der Waals surface area contributed by atoms with Crippen LogP contribution in [0.1, 0.15) is 5.56 Å². The summed E-state index contributed by atoms with van der Waals surface area (Å²) in [5.74, 6) is -2.28. The third-order valence-electron chi connectivity index (χ3n) is 3.75. The van der Waals surface area contributed by atoms with Crippen molar-refractivity contribution < 1.29 is 28.2 Å². The molecule has 0 aliphatic heterocycles. The number of rotatable bonds is 7. The molecule has 144 valence electrons. The summed E-state index contributed by atoms with van der Waals surface area (Å²) in [6.07, 6.45) is 1.43. The van der Waals surface area contributed by atoms with Gasteiger partial charge >= 0.3 is 5.97 Å². The predicted octanol–water partition coefficient (Wildman–Crippen LogP) is 3.16. The second-order valence-electron chi connectivity index (χ2n) is 5.78. The number of halogens is 2. The number of hydrogen-bond acceptors (Lipinski definition) is 4. The van der Waals surface area contributed by atoms with E-state index in [4.69, 9.17) is 14.6 Å². The Labute approximate surface area is 158 Å². The van der Waals surface area contributed by atoms with Crippen LogP contribution in [-0.2, 0) is 11.4 Å². The van der Waals surface area contributed by atoms with Crippen molar-refractivity contribution in [3.05, 3.63) is 88.3 Å². The van der Waals surface area contributed by atoms with Crippen molar-refractivity contribution in [2.45, 2.75) is 6.61 Å². The third kappa shape index (κ3) is 4.73. The van der Waals surface area contributed by atoms with Gasteiger partial charge in [-0.05, 0) is 35.9 Å². The van der Waals surface area contributed by atoms with Gasteiger partial charge in [-0.3, -0.25) is 9.36 Å². The summed E-state index contributed by atoms with van der Waals surface area (Å²) in [5.41, 5.74) is 0.537. The molecule has 0 atom stereocenters. The van der Waals surface area contributed by atoms with Crippen LogP contribution in [0.4, 0.5) is 8.78 Å². The maximum absolute atomic E-state index is 14.0. The molecule has 0 aliphatic rings. The van der Waals surface area contributed by atoms with Crippen LogP contribution in [0.5, 0.6) is 11.5 Å². The van der Waals surface area contributed by atoms with Crippen LogP contribution in [0.15, 0.2) is 65.6 Å². The van der Waals surface area contributed by atoms with Crippen LogP contribution >= 0.6 is 0 Å². The van der Waals surface area contributed by atoms with Crippen molar-refractivity contribution >= 4 is 5.97 Å². The minimum absolute atomic E-state index is 0.161. The lowest BCUT2D eigenvalue weighted by Gasteiger charge is -2.10. The molecule has 2 aromatic carbocycles. The molecular weight excluding hydrogens is 372 g/mol. The van der Waals surface area contributed by atoms with Gasteiger partial charge in [0.25, 0.3) is 5.56 Å². The topological polar surface area (TPSA) is 77.8 Å². The smallest absolute Gasteiger partial charge is 0.341 e. The van der Waals surface area contributed by atoms with Crippen molar-refractivity contribution in [3.8, 4) is 17.2 Å². The highest BCUT2D eigenvalue weighted by atomic mass is 19.1. The van der Waals surface area contributed by atoms with E-state index in [0.29, 0.717) is 5.75 Å². The maximum Gasteiger partial charge on any atom is 0.341 e. The van der Waals surface area contributed by atoms with Gasteiger partial charge in [0, 0.05) is 18.3 Å². The average Bonchev–Trinajstić information content (AvgIpc) is 2.66. The summed E-state index contributed by atoms with van der Waals surface area (Å²) in [4.78, 5) is 22.8. The van der Waals surface area contributed by atoms with Gasteiger partial charge in [-0.15, -0.1) is 0 Å². The SMILES string of the molecule is O=C(O)COc1ccc(-n2ccc(OCc3ccc(F)cc3)cc2=O)cc1F. The molecule has 6 nitrogen and oxygen atoms in total. The Hall–Kier alpha value is -3.68. The number of hydrogen-bond donors (Lipinski definition) is 1. The molecule has 1 aromatic heterocycles. The van der Waals surface area contributed by atoms with E-state index in [0.717, 1.165) is 11.6 Å². The lowest BCUT2D eigenvalue weighted by molar-refractivity contribution is -0.139. The molecule has 0 saturated heterocycles. The zero-order chi connectivity index (χ0) is 20.1. The summed E-state index contributed by atoms with van der Waals surface area (Å²) in [7, 11) is 0. The van der Waals surface area contributed by atoms with E-state index in [2.05, 4.69) is 0 Å². The second kappa shape index (κ2) is 8.34. The highest BCUT2D eigenvalue weighted by molar-refractivity contribution is 5.68. The van der Waals surface area contributed by atoms with Crippen LogP contribution in [-0.4, -0.2) is 22.2 Å². The van der Waals surface area contributed by atoms with E-state index in [1.54, 1.807) is 12.1 Å². The molecule has 0 saturated carbocycles. The monoisotopic (exact) mass is 387 g/mol. The van der Waals surface area contributed by atoms with Gasteiger partial charge in [0.2, 0.25) is 0 Å². The van der Waals surface area contributed by atoms with Gasteiger partial charge in [0.15, 0.2) is 18.2 Å². The Kier molecular flexibility index (Phi) is 5.69. The number of benzene rings is 2. The lowest BCUT2D eigenvalue weighted by atomic mass is 10.2. The fourth-order valence-corrected chi connectivity index (χ4v) is 2.41. The molecule has 0 fully saturated rings. The number of nitrogens with zero attached hydrogens (tertiary/aromatic N) is 1. The van der Waals surface area contributed by atoms with Crippen molar-refractivity contribution in [3.63, 3.8) is 0 Å². The van der Waals surface area contributed by atoms with E-state index in [-0.39, 0.29) is 23.9 Å². The molecule has 0 aliphatic carbocycles. The van der Waals surface area contributed by atoms with Gasteiger partial charge < -0.3 is 14.6 Å². The number of carboxylic acids is 1. The molecule has 0 radical (unpaired) electrons. The first-order valence-corrected chi connectivity index (χ1v) is 8.17. The number of carbonyl (C=O) groups is 1. The molecule has 0 amide bonds. The van der Waals surface area contributed by atoms with Gasteiger partial charge in [-0.1, -0.05) is 12.1 Å². The Morgan fingerprint density at radius 3 is 2.39 bits per heavy atom. The minimum atomic E-state index is -1.23. The van der Waals surface area contributed by atoms with Crippen molar-refractivity contribution in [1.82, 2.24) is 4.57 Å². The molecule has 8 heteroatoms. The number of ether oxygens (including phenoxy) is 2. The zero-order valence-corrected chi connectivity index (χ0v) is 14.5. The van der Waals surface area contributed by atoms with Crippen LogP contribution in [0.25, 0.3) is 5.69 Å². The number of carboxylic acid groups (broad SMARTS) is 1. The zero-order valence-electron chi connectivity index (χ0n) is 14.5.